The largest absolute Gasteiger partial charge is 0.478 e. The van der Waals surface area contributed by atoms with Gasteiger partial charge in [0.15, 0.2) is 0 Å². The Labute approximate surface area is 145 Å². The lowest BCUT2D eigenvalue weighted by molar-refractivity contribution is -0.123. The van der Waals surface area contributed by atoms with Gasteiger partial charge in [0.05, 0.1) is 11.3 Å². The molecule has 0 saturated heterocycles. The maximum atomic E-state index is 12.4. The third kappa shape index (κ3) is 4.67. The van der Waals surface area contributed by atoms with Crippen molar-refractivity contribution in [3.63, 3.8) is 0 Å². The van der Waals surface area contributed by atoms with Gasteiger partial charge in [0.25, 0.3) is 5.91 Å². The number of rotatable bonds is 4. The highest BCUT2D eigenvalue weighted by atomic mass is 16.4. The minimum Gasteiger partial charge on any atom is -0.478 e. The van der Waals surface area contributed by atoms with Crippen LogP contribution in [-0.4, -0.2) is 22.9 Å². The molecule has 0 unspecified atom stereocenters. The normalized spacial score (nSPS) is 10.8. The quantitative estimate of drug-likeness (QED) is 0.792. The molecule has 25 heavy (non-hydrogen) atoms. The first-order chi connectivity index (χ1) is 11.7. The number of carboxylic acid groups (broad SMARTS) is 1. The lowest BCUT2D eigenvalue weighted by atomic mass is 9.95. The van der Waals surface area contributed by atoms with E-state index in [0.717, 1.165) is 0 Å². The standard InChI is InChI=1S/C19H20N2O4/c1-19(2,3)18(25)20-13-8-6-7-12(11-13)16(22)21-15-10-5-4-9-14(15)17(23)24/h4-11H,1-3H3,(H,20,25)(H,21,22)(H,23,24). The Morgan fingerprint density at radius 2 is 1.60 bits per heavy atom. The monoisotopic (exact) mass is 340 g/mol. The molecule has 0 aromatic heterocycles. The van der Waals surface area contributed by atoms with Gasteiger partial charge in [-0.1, -0.05) is 39.0 Å². The van der Waals surface area contributed by atoms with Crippen LogP contribution in [0.1, 0.15) is 41.5 Å². The second-order valence-corrected chi connectivity index (χ2v) is 6.59. The number of carboxylic acids is 1. The van der Waals surface area contributed by atoms with E-state index in [1.165, 1.54) is 12.1 Å². The summed E-state index contributed by atoms with van der Waals surface area (Å²) in [6.45, 7) is 5.38. The van der Waals surface area contributed by atoms with Crippen LogP contribution in [0.15, 0.2) is 48.5 Å². The number of carbonyl (C=O) groups is 3. The summed E-state index contributed by atoms with van der Waals surface area (Å²) in [5, 5.41) is 14.5. The van der Waals surface area contributed by atoms with Crippen LogP contribution in [0.4, 0.5) is 11.4 Å². The van der Waals surface area contributed by atoms with E-state index in [9.17, 15) is 14.4 Å². The Bertz CT molecular complexity index is 822. The van der Waals surface area contributed by atoms with Crippen LogP contribution in [0.25, 0.3) is 0 Å². The van der Waals surface area contributed by atoms with Gasteiger partial charge < -0.3 is 15.7 Å². The number of aromatic carboxylic acids is 1. The van der Waals surface area contributed by atoms with Crippen LogP contribution in [0.3, 0.4) is 0 Å². The second kappa shape index (κ2) is 7.17. The van der Waals surface area contributed by atoms with E-state index >= 15 is 0 Å². The van der Waals surface area contributed by atoms with Gasteiger partial charge >= 0.3 is 5.97 Å². The second-order valence-electron chi connectivity index (χ2n) is 6.59. The molecule has 3 N–H and O–H groups in total. The first-order valence-electron chi connectivity index (χ1n) is 7.73. The molecule has 0 aliphatic rings. The number of anilines is 2. The maximum Gasteiger partial charge on any atom is 0.337 e. The average Bonchev–Trinajstić information content (AvgIpc) is 2.54. The molecule has 2 aromatic carbocycles. The molecular formula is C19H20N2O4. The zero-order valence-corrected chi connectivity index (χ0v) is 14.3. The molecule has 0 radical (unpaired) electrons. The van der Waals surface area contributed by atoms with Gasteiger partial charge in [-0.15, -0.1) is 0 Å². The first-order valence-corrected chi connectivity index (χ1v) is 7.73. The number of benzene rings is 2. The van der Waals surface area contributed by atoms with Crippen molar-refractivity contribution in [1.82, 2.24) is 0 Å². The fraction of sp³-hybridized carbons (Fsp3) is 0.211. The van der Waals surface area contributed by atoms with Gasteiger partial charge in [-0.05, 0) is 30.3 Å². The van der Waals surface area contributed by atoms with E-state index in [4.69, 9.17) is 5.11 Å². The molecule has 6 nitrogen and oxygen atoms in total. The highest BCUT2D eigenvalue weighted by molar-refractivity contribution is 6.08. The van der Waals surface area contributed by atoms with Crippen molar-refractivity contribution in [1.29, 1.82) is 0 Å². The van der Waals surface area contributed by atoms with Crippen LogP contribution in [0.5, 0.6) is 0 Å². The summed E-state index contributed by atoms with van der Waals surface area (Å²) in [5.41, 5.74) is 0.474. The first kappa shape index (κ1) is 18.2. The molecule has 6 heteroatoms. The Morgan fingerprint density at radius 3 is 2.24 bits per heavy atom. The number of para-hydroxylation sites is 1. The van der Waals surface area contributed by atoms with Crippen LogP contribution in [0, 0.1) is 5.41 Å². The van der Waals surface area contributed by atoms with Gasteiger partial charge in [-0.25, -0.2) is 4.79 Å². The van der Waals surface area contributed by atoms with Gasteiger partial charge in [0.2, 0.25) is 5.91 Å². The van der Waals surface area contributed by atoms with Crippen LogP contribution in [0.2, 0.25) is 0 Å². The molecule has 0 aliphatic heterocycles. The van der Waals surface area contributed by atoms with Crippen LogP contribution >= 0.6 is 0 Å². The van der Waals surface area contributed by atoms with Crippen LogP contribution < -0.4 is 10.6 Å². The average molecular weight is 340 g/mol. The van der Waals surface area contributed by atoms with Crippen LogP contribution in [-0.2, 0) is 4.79 Å². The summed E-state index contributed by atoms with van der Waals surface area (Å²) in [6, 6.07) is 12.6. The van der Waals surface area contributed by atoms with Gasteiger partial charge in [-0.2, -0.15) is 0 Å². The lowest BCUT2D eigenvalue weighted by Gasteiger charge is -2.18. The van der Waals surface area contributed by atoms with Crippen molar-refractivity contribution in [2.75, 3.05) is 10.6 Å². The Hall–Kier alpha value is -3.15. The molecule has 0 atom stereocenters. The third-order valence-electron chi connectivity index (χ3n) is 3.47. The van der Waals surface area contributed by atoms with Gasteiger partial charge in [0.1, 0.15) is 0 Å². The minimum atomic E-state index is -1.12. The predicted molar refractivity (Wildman–Crippen MR) is 95.9 cm³/mol. The smallest absolute Gasteiger partial charge is 0.337 e. The molecule has 0 spiro atoms. The van der Waals surface area contributed by atoms with Crippen molar-refractivity contribution < 1.29 is 19.5 Å². The molecule has 130 valence electrons. The number of carbonyl (C=O) groups excluding carboxylic acids is 2. The van der Waals surface area contributed by atoms with Crippen molar-refractivity contribution >= 4 is 29.2 Å². The fourth-order valence-corrected chi connectivity index (χ4v) is 2.03. The molecule has 2 amide bonds. The number of hydrogen-bond acceptors (Lipinski definition) is 3. The van der Waals surface area contributed by atoms with Gasteiger partial charge in [0, 0.05) is 16.7 Å². The van der Waals surface area contributed by atoms with E-state index in [1.807, 2.05) is 0 Å². The van der Waals surface area contributed by atoms with E-state index in [1.54, 1.807) is 57.2 Å². The predicted octanol–water partition coefficient (Wildman–Crippen LogP) is 3.62. The van der Waals surface area contributed by atoms with Crippen molar-refractivity contribution in [3.05, 3.63) is 59.7 Å². The Balaban J connectivity index is 2.20. The summed E-state index contributed by atoms with van der Waals surface area (Å²) in [4.78, 5) is 35.7. The number of nitrogens with one attached hydrogen (secondary N) is 2. The van der Waals surface area contributed by atoms with Crippen molar-refractivity contribution in [2.24, 2.45) is 5.41 Å². The summed E-state index contributed by atoms with van der Waals surface area (Å²) < 4.78 is 0. The molecule has 2 rings (SSSR count). The third-order valence-corrected chi connectivity index (χ3v) is 3.47. The van der Waals surface area contributed by atoms with Crippen molar-refractivity contribution in [3.8, 4) is 0 Å². The zero-order chi connectivity index (χ0) is 18.6. The Kier molecular flexibility index (Phi) is 5.22. The summed E-state index contributed by atoms with van der Waals surface area (Å²) in [7, 11) is 0. The molecule has 0 saturated carbocycles. The zero-order valence-electron chi connectivity index (χ0n) is 14.3. The van der Waals surface area contributed by atoms with E-state index in [0.29, 0.717) is 11.3 Å². The fourth-order valence-electron chi connectivity index (χ4n) is 2.03. The summed E-state index contributed by atoms with van der Waals surface area (Å²) in [5.74, 6) is -1.75. The lowest BCUT2D eigenvalue weighted by Crippen LogP contribution is -2.27. The SMILES string of the molecule is CC(C)(C)C(=O)Nc1cccc(C(=O)Nc2ccccc2C(=O)O)c1. The topological polar surface area (TPSA) is 95.5 Å². The van der Waals surface area contributed by atoms with E-state index < -0.39 is 17.3 Å². The van der Waals surface area contributed by atoms with E-state index in [-0.39, 0.29) is 17.2 Å². The maximum absolute atomic E-state index is 12.4. The molecule has 0 bridgehead atoms. The highest BCUT2D eigenvalue weighted by Crippen LogP contribution is 2.20. The van der Waals surface area contributed by atoms with E-state index in [2.05, 4.69) is 10.6 Å². The number of amides is 2. The molecule has 2 aromatic rings. The van der Waals surface area contributed by atoms with Gasteiger partial charge in [-0.3, -0.25) is 9.59 Å². The Morgan fingerprint density at radius 1 is 0.920 bits per heavy atom. The molecule has 0 heterocycles. The molecule has 0 fully saturated rings. The summed E-state index contributed by atoms with van der Waals surface area (Å²) >= 11 is 0. The minimum absolute atomic E-state index is 0.00744. The van der Waals surface area contributed by atoms with Crippen molar-refractivity contribution in [2.45, 2.75) is 20.8 Å². The molecular weight excluding hydrogens is 320 g/mol. The molecule has 0 aliphatic carbocycles. The number of hydrogen-bond donors (Lipinski definition) is 3. The highest BCUT2D eigenvalue weighted by Gasteiger charge is 2.21. The summed E-state index contributed by atoms with van der Waals surface area (Å²) in [6.07, 6.45) is 0.